The first kappa shape index (κ1) is 14.3. The average Bonchev–Trinajstić information content (AvgIpc) is 2.21. The highest BCUT2D eigenvalue weighted by atomic mass is 32.1. The first-order valence-corrected chi connectivity index (χ1v) is 5.85. The second-order valence-corrected chi connectivity index (χ2v) is 3.90. The quantitative estimate of drug-likeness (QED) is 0.517. The SMILES string of the molecule is CC=C(CS)CCC=C(C)CCC(=O)O. The molecule has 0 saturated carbocycles. The number of hydrogen-bond donors (Lipinski definition) is 2. The number of thiol groups is 1. The molecule has 0 bridgehead atoms. The molecule has 0 radical (unpaired) electrons. The van der Waals surface area contributed by atoms with E-state index in [2.05, 4.69) is 24.8 Å². The topological polar surface area (TPSA) is 37.3 Å². The van der Waals surface area contributed by atoms with Crippen molar-refractivity contribution in [3.8, 4) is 0 Å². The Bertz CT molecular complexity index is 254. The van der Waals surface area contributed by atoms with Gasteiger partial charge in [-0.15, -0.1) is 0 Å². The number of carboxylic acid groups (broad SMARTS) is 1. The van der Waals surface area contributed by atoms with E-state index in [1.165, 1.54) is 5.57 Å². The molecule has 0 unspecified atom stereocenters. The van der Waals surface area contributed by atoms with Gasteiger partial charge in [0.2, 0.25) is 0 Å². The van der Waals surface area contributed by atoms with Crippen LogP contribution in [-0.4, -0.2) is 16.8 Å². The minimum absolute atomic E-state index is 0.228. The van der Waals surface area contributed by atoms with Crippen molar-refractivity contribution in [1.29, 1.82) is 0 Å². The Morgan fingerprint density at radius 2 is 2.00 bits per heavy atom. The van der Waals surface area contributed by atoms with Gasteiger partial charge in [-0.1, -0.05) is 23.3 Å². The maximum absolute atomic E-state index is 10.3. The smallest absolute Gasteiger partial charge is 0.303 e. The van der Waals surface area contributed by atoms with Crippen molar-refractivity contribution in [3.63, 3.8) is 0 Å². The van der Waals surface area contributed by atoms with Crippen molar-refractivity contribution in [2.75, 3.05) is 5.75 Å². The minimum Gasteiger partial charge on any atom is -0.481 e. The van der Waals surface area contributed by atoms with Crippen LogP contribution >= 0.6 is 12.6 Å². The second-order valence-electron chi connectivity index (χ2n) is 3.59. The van der Waals surface area contributed by atoms with E-state index in [4.69, 9.17) is 5.11 Å². The van der Waals surface area contributed by atoms with E-state index < -0.39 is 5.97 Å². The van der Waals surface area contributed by atoms with Crippen molar-refractivity contribution < 1.29 is 9.90 Å². The van der Waals surface area contributed by atoms with Crippen molar-refractivity contribution in [2.45, 2.75) is 39.5 Å². The van der Waals surface area contributed by atoms with E-state index in [1.54, 1.807) is 0 Å². The zero-order valence-electron chi connectivity index (χ0n) is 9.49. The maximum atomic E-state index is 10.3. The van der Waals surface area contributed by atoms with Gasteiger partial charge in [0.15, 0.2) is 0 Å². The van der Waals surface area contributed by atoms with E-state index in [-0.39, 0.29) is 6.42 Å². The predicted octanol–water partition coefficient (Wildman–Crippen LogP) is 3.45. The molecule has 0 saturated heterocycles. The van der Waals surface area contributed by atoms with Gasteiger partial charge >= 0.3 is 5.97 Å². The Kier molecular flexibility index (Phi) is 8.19. The molecule has 0 aliphatic carbocycles. The lowest BCUT2D eigenvalue weighted by molar-refractivity contribution is -0.136. The number of carboxylic acids is 1. The van der Waals surface area contributed by atoms with E-state index in [0.29, 0.717) is 6.42 Å². The molecule has 0 fully saturated rings. The summed E-state index contributed by atoms with van der Waals surface area (Å²) in [5.41, 5.74) is 2.49. The van der Waals surface area contributed by atoms with Crippen molar-refractivity contribution >= 4 is 18.6 Å². The third-order valence-electron chi connectivity index (χ3n) is 2.30. The summed E-state index contributed by atoms with van der Waals surface area (Å²) in [4.78, 5) is 10.3. The molecule has 3 heteroatoms. The highest BCUT2D eigenvalue weighted by Gasteiger charge is 1.97. The zero-order chi connectivity index (χ0) is 11.7. The zero-order valence-corrected chi connectivity index (χ0v) is 10.4. The largest absolute Gasteiger partial charge is 0.481 e. The van der Waals surface area contributed by atoms with Gasteiger partial charge in [0.25, 0.3) is 0 Å². The first-order chi connectivity index (χ1) is 7.10. The Hall–Kier alpha value is -0.700. The summed E-state index contributed by atoms with van der Waals surface area (Å²) >= 11 is 4.22. The van der Waals surface area contributed by atoms with Gasteiger partial charge in [0.1, 0.15) is 0 Å². The summed E-state index contributed by atoms with van der Waals surface area (Å²) in [6.45, 7) is 4.01. The van der Waals surface area contributed by atoms with Gasteiger partial charge in [-0.2, -0.15) is 12.6 Å². The number of aliphatic carboxylic acids is 1. The maximum Gasteiger partial charge on any atom is 0.303 e. The van der Waals surface area contributed by atoms with Crippen LogP contribution in [0.1, 0.15) is 39.5 Å². The van der Waals surface area contributed by atoms with Crippen LogP contribution in [0.3, 0.4) is 0 Å². The van der Waals surface area contributed by atoms with Crippen LogP contribution in [0.2, 0.25) is 0 Å². The van der Waals surface area contributed by atoms with E-state index in [1.807, 2.05) is 13.8 Å². The number of rotatable bonds is 7. The number of hydrogen-bond acceptors (Lipinski definition) is 2. The van der Waals surface area contributed by atoms with Crippen molar-refractivity contribution in [2.24, 2.45) is 0 Å². The van der Waals surface area contributed by atoms with Crippen LogP contribution < -0.4 is 0 Å². The summed E-state index contributed by atoms with van der Waals surface area (Å²) in [6.07, 6.45) is 7.09. The summed E-state index contributed by atoms with van der Waals surface area (Å²) in [5, 5.41) is 8.51. The van der Waals surface area contributed by atoms with Crippen molar-refractivity contribution in [3.05, 3.63) is 23.3 Å². The van der Waals surface area contributed by atoms with Crippen LogP contribution in [0.5, 0.6) is 0 Å². The van der Waals surface area contributed by atoms with Gasteiger partial charge < -0.3 is 5.11 Å². The minimum atomic E-state index is -0.729. The van der Waals surface area contributed by atoms with Crippen LogP contribution in [0.25, 0.3) is 0 Å². The molecule has 0 amide bonds. The average molecular weight is 228 g/mol. The molecular weight excluding hydrogens is 208 g/mol. The highest BCUT2D eigenvalue weighted by Crippen LogP contribution is 2.11. The van der Waals surface area contributed by atoms with Gasteiger partial charge in [0, 0.05) is 12.2 Å². The van der Waals surface area contributed by atoms with Crippen LogP contribution in [-0.2, 0) is 4.79 Å². The fourth-order valence-electron chi connectivity index (χ4n) is 1.22. The lowest BCUT2D eigenvalue weighted by Gasteiger charge is -2.01. The Labute approximate surface area is 97.5 Å². The first-order valence-electron chi connectivity index (χ1n) is 5.22. The molecule has 0 aliphatic heterocycles. The number of allylic oxidation sites excluding steroid dienone is 3. The molecule has 2 nitrogen and oxygen atoms in total. The van der Waals surface area contributed by atoms with E-state index in [9.17, 15) is 4.79 Å². The van der Waals surface area contributed by atoms with Gasteiger partial charge in [-0.05, 0) is 33.1 Å². The third-order valence-corrected chi connectivity index (χ3v) is 2.71. The molecule has 0 aromatic carbocycles. The van der Waals surface area contributed by atoms with Crippen molar-refractivity contribution in [1.82, 2.24) is 0 Å². The Balaban J connectivity index is 3.80. The van der Waals surface area contributed by atoms with E-state index >= 15 is 0 Å². The lowest BCUT2D eigenvalue weighted by Crippen LogP contribution is -1.94. The lowest BCUT2D eigenvalue weighted by atomic mass is 10.1. The molecule has 0 aliphatic rings. The molecule has 0 rings (SSSR count). The molecule has 0 heterocycles. The standard InChI is InChI=1S/C12H20O2S/c1-3-11(9-15)6-4-5-10(2)7-8-12(13)14/h3,5,15H,4,6-9H2,1-2H3,(H,13,14). The molecule has 15 heavy (non-hydrogen) atoms. The Morgan fingerprint density at radius 3 is 2.47 bits per heavy atom. The summed E-state index contributed by atoms with van der Waals surface area (Å²) < 4.78 is 0. The molecular formula is C12H20O2S. The molecule has 0 spiro atoms. The van der Waals surface area contributed by atoms with Crippen LogP contribution in [0.4, 0.5) is 0 Å². The normalized spacial score (nSPS) is 13.0. The fraction of sp³-hybridized carbons (Fsp3) is 0.583. The second kappa shape index (κ2) is 8.60. The predicted molar refractivity (Wildman–Crippen MR) is 67.5 cm³/mol. The molecule has 0 aromatic rings. The molecule has 0 atom stereocenters. The number of carbonyl (C=O) groups is 1. The molecule has 0 aromatic heterocycles. The fourth-order valence-corrected chi connectivity index (χ4v) is 1.57. The van der Waals surface area contributed by atoms with Crippen LogP contribution in [0.15, 0.2) is 23.3 Å². The summed E-state index contributed by atoms with van der Waals surface area (Å²) in [5.74, 6) is 0.0747. The Morgan fingerprint density at radius 1 is 1.33 bits per heavy atom. The van der Waals surface area contributed by atoms with E-state index in [0.717, 1.165) is 24.2 Å². The van der Waals surface area contributed by atoms with Gasteiger partial charge in [0.05, 0.1) is 0 Å². The molecule has 1 N–H and O–H groups in total. The van der Waals surface area contributed by atoms with Gasteiger partial charge in [-0.3, -0.25) is 4.79 Å². The van der Waals surface area contributed by atoms with Gasteiger partial charge in [-0.25, -0.2) is 0 Å². The summed E-state index contributed by atoms with van der Waals surface area (Å²) in [6, 6.07) is 0. The van der Waals surface area contributed by atoms with Crippen LogP contribution in [0, 0.1) is 0 Å². The highest BCUT2D eigenvalue weighted by molar-refractivity contribution is 7.80. The summed E-state index contributed by atoms with van der Waals surface area (Å²) in [7, 11) is 0. The monoisotopic (exact) mass is 228 g/mol. The molecule has 86 valence electrons. The third kappa shape index (κ3) is 8.30.